The molecule has 1 aliphatic rings. The Kier molecular flexibility index (Phi) is 13.0. The van der Waals surface area contributed by atoms with Crippen molar-refractivity contribution in [2.45, 2.75) is 89.9 Å². The molecular weight excluding hydrogens is 669 g/mol. The molecule has 0 saturated carbocycles. The Morgan fingerprint density at radius 2 is 1.70 bits per heavy atom. The predicted octanol–water partition coefficient (Wildman–Crippen LogP) is 1.34. The molecule has 17 heteroatoms. The standard InChI is InChI=1S/C33H36FNO15/c1-8-9-10-25(40)35-27-29(28(46-19(5)38)24(45-18(4)37)15-44-17(3)36)50-33(32(42)43-7,31(34)30(27)47-20(6)39)49-21-11-12-22-16(2)13-26(41)48-23(22)14-21/h1,11-14,24,27-31H,9-10,15H2,2-7H3,(H,35,40)/t24-,27+,28-,29?,30?,31?,33-/m1/s1. The zero-order chi connectivity index (χ0) is 37.3. The van der Waals surface area contributed by atoms with E-state index in [1.807, 2.05) is 0 Å². The third-order valence-corrected chi connectivity index (χ3v) is 7.22. The van der Waals surface area contributed by atoms with Gasteiger partial charge in [0.25, 0.3) is 0 Å². The molecule has 1 aromatic heterocycles. The van der Waals surface area contributed by atoms with Gasteiger partial charge in [0.15, 0.2) is 18.3 Å². The van der Waals surface area contributed by atoms with E-state index in [2.05, 4.69) is 11.2 Å². The molecule has 1 aromatic carbocycles. The van der Waals surface area contributed by atoms with E-state index in [0.717, 1.165) is 40.9 Å². The number of carbonyl (C=O) groups excluding carboxylic acids is 6. The summed E-state index contributed by atoms with van der Waals surface area (Å²) in [4.78, 5) is 87.6. The summed E-state index contributed by atoms with van der Waals surface area (Å²) < 4.78 is 60.2. The molecule has 16 nitrogen and oxygen atoms in total. The molecule has 50 heavy (non-hydrogen) atoms. The molecule has 2 heterocycles. The van der Waals surface area contributed by atoms with Crippen LogP contribution in [0.15, 0.2) is 33.5 Å². The number of halogens is 1. The van der Waals surface area contributed by atoms with Crippen LogP contribution in [0.1, 0.15) is 46.1 Å². The largest absolute Gasteiger partial charge is 0.464 e. The minimum atomic E-state index is -3.22. The van der Waals surface area contributed by atoms with E-state index in [1.54, 1.807) is 6.92 Å². The summed E-state index contributed by atoms with van der Waals surface area (Å²) in [6, 6.07) is 3.29. The maximum Gasteiger partial charge on any atom is 0.382 e. The molecule has 0 bridgehead atoms. The Labute approximate surface area is 284 Å². The van der Waals surface area contributed by atoms with Crippen LogP contribution >= 0.6 is 0 Å². The number of hydrogen-bond donors (Lipinski definition) is 1. The number of terminal acetylenes is 1. The third-order valence-electron chi connectivity index (χ3n) is 7.22. The predicted molar refractivity (Wildman–Crippen MR) is 166 cm³/mol. The Balaban J connectivity index is 2.33. The minimum absolute atomic E-state index is 0.0282. The van der Waals surface area contributed by atoms with Gasteiger partial charge >= 0.3 is 41.3 Å². The van der Waals surface area contributed by atoms with Gasteiger partial charge in [-0.25, -0.2) is 14.0 Å². The number of aryl methyl sites for hydroxylation is 1. The topological polar surface area (TPSA) is 209 Å². The number of esters is 5. The number of nitrogens with one attached hydrogen (secondary N) is 1. The quantitative estimate of drug-likeness (QED) is 0.135. The lowest BCUT2D eigenvalue weighted by Crippen LogP contribution is -2.75. The number of rotatable bonds is 13. The first-order chi connectivity index (χ1) is 23.5. The van der Waals surface area contributed by atoms with Crippen molar-refractivity contribution in [3.05, 3.63) is 40.2 Å². The van der Waals surface area contributed by atoms with Gasteiger partial charge in [0.05, 0.1) is 13.2 Å². The lowest BCUT2D eigenvalue weighted by molar-refractivity contribution is -0.313. The monoisotopic (exact) mass is 705 g/mol. The fourth-order valence-corrected chi connectivity index (χ4v) is 5.25. The normalized spacial score (nSPS) is 22.5. The lowest BCUT2D eigenvalue weighted by Gasteiger charge is -2.49. The molecule has 1 amide bonds. The Morgan fingerprint density at radius 3 is 2.28 bits per heavy atom. The van der Waals surface area contributed by atoms with Gasteiger partial charge in [0.2, 0.25) is 12.1 Å². The maximum atomic E-state index is 17.1. The maximum absolute atomic E-state index is 17.1. The number of hydrogen-bond acceptors (Lipinski definition) is 15. The van der Waals surface area contributed by atoms with E-state index in [1.165, 1.54) is 18.2 Å². The fourth-order valence-electron chi connectivity index (χ4n) is 5.25. The average molecular weight is 706 g/mol. The van der Waals surface area contributed by atoms with Crippen molar-refractivity contribution in [1.29, 1.82) is 0 Å². The summed E-state index contributed by atoms with van der Waals surface area (Å²) in [6.07, 6.45) is -5.73. The summed E-state index contributed by atoms with van der Waals surface area (Å²) in [6.45, 7) is 4.74. The van der Waals surface area contributed by atoms with Gasteiger partial charge in [-0.15, -0.1) is 12.3 Å². The Hall–Kier alpha value is -5.50. The molecule has 1 fully saturated rings. The summed E-state index contributed by atoms with van der Waals surface area (Å²) in [5.74, 6) is -7.58. The van der Waals surface area contributed by atoms with Gasteiger partial charge in [-0.2, -0.15) is 0 Å². The Bertz CT molecular complexity index is 1730. The number of methoxy groups -OCH3 is 1. The molecule has 270 valence electrons. The lowest BCUT2D eigenvalue weighted by atomic mass is 9.86. The average Bonchev–Trinajstić information content (AvgIpc) is 3.02. The van der Waals surface area contributed by atoms with Gasteiger partial charge < -0.3 is 42.9 Å². The molecule has 0 aliphatic carbocycles. The smallest absolute Gasteiger partial charge is 0.382 e. The highest BCUT2D eigenvalue weighted by Gasteiger charge is 2.67. The number of fused-ring (bicyclic) bond motifs is 1. The first-order valence-electron chi connectivity index (χ1n) is 15.0. The second kappa shape index (κ2) is 16.7. The molecule has 7 atom stereocenters. The molecule has 1 N–H and O–H groups in total. The summed E-state index contributed by atoms with van der Waals surface area (Å²) in [7, 11) is 0.863. The van der Waals surface area contributed by atoms with Crippen LogP contribution in [0, 0.1) is 19.3 Å². The molecule has 2 aromatic rings. The van der Waals surface area contributed by atoms with Crippen molar-refractivity contribution >= 4 is 46.7 Å². The number of carbonyl (C=O) groups is 6. The number of ether oxygens (including phenoxy) is 7. The van der Waals surface area contributed by atoms with E-state index in [9.17, 15) is 33.6 Å². The van der Waals surface area contributed by atoms with Crippen molar-refractivity contribution in [3.8, 4) is 18.1 Å². The zero-order valence-electron chi connectivity index (χ0n) is 28.0. The third kappa shape index (κ3) is 9.35. The number of alkyl halides is 1. The highest BCUT2D eigenvalue weighted by molar-refractivity contribution is 5.83. The van der Waals surface area contributed by atoms with Crippen LogP contribution in [0.5, 0.6) is 5.75 Å². The van der Waals surface area contributed by atoms with Crippen LogP contribution in [0.4, 0.5) is 4.39 Å². The van der Waals surface area contributed by atoms with Gasteiger partial charge in [0.1, 0.15) is 24.0 Å². The summed E-state index contributed by atoms with van der Waals surface area (Å²) >= 11 is 0. The van der Waals surface area contributed by atoms with E-state index < -0.39 is 90.4 Å². The van der Waals surface area contributed by atoms with Gasteiger partial charge in [0, 0.05) is 58.1 Å². The second-order valence-corrected chi connectivity index (χ2v) is 11.0. The number of amides is 1. The van der Waals surface area contributed by atoms with Crippen LogP contribution in [-0.4, -0.2) is 91.9 Å². The van der Waals surface area contributed by atoms with Crippen molar-refractivity contribution < 1.29 is 70.7 Å². The van der Waals surface area contributed by atoms with E-state index >= 15 is 4.39 Å². The van der Waals surface area contributed by atoms with Crippen molar-refractivity contribution in [1.82, 2.24) is 5.32 Å². The van der Waals surface area contributed by atoms with E-state index in [4.69, 9.17) is 44.0 Å². The van der Waals surface area contributed by atoms with Crippen molar-refractivity contribution in [2.75, 3.05) is 13.7 Å². The molecule has 3 unspecified atom stereocenters. The minimum Gasteiger partial charge on any atom is -0.464 e. The SMILES string of the molecule is C#CCCC(=O)N[C@@H]1C(OC(C)=O)C(F)[C@](Oc2ccc3c(C)cc(=O)oc3c2)(C(=O)OC)OC1[C@H](OC(C)=O)[C@@H](COC(C)=O)OC(C)=O. The summed E-state index contributed by atoms with van der Waals surface area (Å²) in [5, 5.41) is 2.90. The first-order valence-corrected chi connectivity index (χ1v) is 15.0. The zero-order valence-corrected chi connectivity index (χ0v) is 28.0. The van der Waals surface area contributed by atoms with E-state index in [-0.39, 0.29) is 24.2 Å². The van der Waals surface area contributed by atoms with Crippen LogP contribution in [0.25, 0.3) is 11.0 Å². The Morgan fingerprint density at radius 1 is 1.02 bits per heavy atom. The summed E-state index contributed by atoms with van der Waals surface area (Å²) in [5.41, 5.74) is -0.228. The van der Waals surface area contributed by atoms with Crippen LogP contribution in [-0.2, 0) is 57.2 Å². The van der Waals surface area contributed by atoms with Gasteiger partial charge in [-0.1, -0.05) is 0 Å². The van der Waals surface area contributed by atoms with Gasteiger partial charge in [-0.05, 0) is 24.6 Å². The van der Waals surface area contributed by atoms with Crippen LogP contribution < -0.4 is 15.7 Å². The second-order valence-electron chi connectivity index (χ2n) is 11.0. The van der Waals surface area contributed by atoms with E-state index in [0.29, 0.717) is 10.9 Å². The first kappa shape index (κ1) is 38.9. The van der Waals surface area contributed by atoms with Gasteiger partial charge in [-0.3, -0.25) is 24.0 Å². The molecule has 1 aliphatic heterocycles. The van der Waals surface area contributed by atoms with Crippen LogP contribution in [0.3, 0.4) is 0 Å². The molecular formula is C33H36FNO15. The van der Waals surface area contributed by atoms with Crippen LogP contribution in [0.2, 0.25) is 0 Å². The molecule has 3 rings (SSSR count). The fraction of sp³-hybridized carbons (Fsp3) is 0.485. The van der Waals surface area contributed by atoms with Crippen molar-refractivity contribution in [2.24, 2.45) is 0 Å². The molecule has 1 saturated heterocycles. The molecule has 0 radical (unpaired) electrons. The molecule has 0 spiro atoms. The van der Waals surface area contributed by atoms with Crippen molar-refractivity contribution in [3.63, 3.8) is 0 Å². The highest BCUT2D eigenvalue weighted by Crippen LogP contribution is 2.40. The highest BCUT2D eigenvalue weighted by atomic mass is 19.1. The number of benzene rings is 1.